The summed E-state index contributed by atoms with van der Waals surface area (Å²) in [5.74, 6) is -2.83. The third-order valence-electron chi connectivity index (χ3n) is 6.95. The lowest BCUT2D eigenvalue weighted by Gasteiger charge is -2.30. The third kappa shape index (κ3) is 3.33. The highest BCUT2D eigenvalue weighted by Crippen LogP contribution is 2.46. The Hall–Kier alpha value is -4.59. The van der Waals surface area contributed by atoms with Gasteiger partial charge in [0, 0.05) is 18.7 Å². The standard InChI is InChI=1S/C28H21N3O5/c1-16(32)36-21-12-9-18(10-13-21)26(33)25-24-23(22-7-4-14-29-31(22)25)27(34)30(28(24)35)20-11-8-17-5-2-3-6-19(17)15-20/h2-15,22-25H,1H3/t22-,23-,24+,25-/m0/s1. The average Bonchev–Trinajstić information content (AvgIpc) is 3.36. The van der Waals surface area contributed by atoms with Crippen LogP contribution >= 0.6 is 0 Å². The molecule has 0 N–H and O–H groups in total. The van der Waals surface area contributed by atoms with Gasteiger partial charge in [0.1, 0.15) is 11.8 Å². The topological polar surface area (TPSA) is 96.3 Å². The molecule has 2 amide bonds. The van der Waals surface area contributed by atoms with Crippen LogP contribution in [0, 0.1) is 11.8 Å². The molecule has 3 heterocycles. The van der Waals surface area contributed by atoms with Gasteiger partial charge in [0.2, 0.25) is 11.8 Å². The fraction of sp³-hybridized carbons (Fsp3) is 0.179. The Bertz CT molecular complexity index is 1490. The van der Waals surface area contributed by atoms with E-state index in [1.54, 1.807) is 35.5 Å². The Morgan fingerprint density at radius 2 is 1.61 bits per heavy atom. The number of ether oxygens (including phenoxy) is 1. The van der Waals surface area contributed by atoms with Gasteiger partial charge < -0.3 is 4.74 Å². The second kappa shape index (κ2) is 8.27. The zero-order chi connectivity index (χ0) is 25.0. The quantitative estimate of drug-likeness (QED) is 0.246. The van der Waals surface area contributed by atoms with Crippen molar-refractivity contribution in [3.05, 3.63) is 84.4 Å². The summed E-state index contributed by atoms with van der Waals surface area (Å²) in [6.07, 6.45) is 5.10. The molecule has 8 nitrogen and oxygen atoms in total. The van der Waals surface area contributed by atoms with Crippen molar-refractivity contribution in [2.75, 3.05) is 4.90 Å². The van der Waals surface area contributed by atoms with Crippen LogP contribution in [0.4, 0.5) is 5.69 Å². The van der Waals surface area contributed by atoms with Crippen LogP contribution in [0.15, 0.2) is 84.0 Å². The molecule has 3 aromatic carbocycles. The number of carbonyl (C=O) groups is 4. The summed E-state index contributed by atoms with van der Waals surface area (Å²) in [6, 6.07) is 17.9. The van der Waals surface area contributed by atoms with Crippen molar-refractivity contribution in [1.82, 2.24) is 5.01 Å². The second-order valence-corrected chi connectivity index (χ2v) is 9.04. The number of hydrogen-bond acceptors (Lipinski definition) is 7. The number of esters is 1. The Labute approximate surface area is 206 Å². The minimum atomic E-state index is -0.942. The van der Waals surface area contributed by atoms with Crippen LogP contribution < -0.4 is 9.64 Å². The van der Waals surface area contributed by atoms with Crippen molar-refractivity contribution < 1.29 is 23.9 Å². The van der Waals surface area contributed by atoms with Gasteiger partial charge in [0.25, 0.3) is 0 Å². The lowest BCUT2D eigenvalue weighted by atomic mass is 9.86. The second-order valence-electron chi connectivity index (χ2n) is 9.04. The first-order chi connectivity index (χ1) is 17.4. The highest BCUT2D eigenvalue weighted by atomic mass is 16.5. The van der Waals surface area contributed by atoms with Crippen LogP contribution in [-0.4, -0.2) is 46.9 Å². The maximum Gasteiger partial charge on any atom is 0.308 e. The molecule has 0 aromatic heterocycles. The van der Waals surface area contributed by atoms with E-state index >= 15 is 0 Å². The van der Waals surface area contributed by atoms with Gasteiger partial charge in [-0.25, -0.2) is 4.90 Å². The fourth-order valence-corrected chi connectivity index (χ4v) is 5.43. The Kier molecular flexibility index (Phi) is 5.03. The van der Waals surface area contributed by atoms with E-state index < -0.39 is 35.8 Å². The smallest absolute Gasteiger partial charge is 0.308 e. The number of fused-ring (bicyclic) bond motifs is 4. The van der Waals surface area contributed by atoms with Crippen molar-refractivity contribution in [2.45, 2.75) is 19.0 Å². The number of anilines is 1. The largest absolute Gasteiger partial charge is 0.427 e. The van der Waals surface area contributed by atoms with E-state index in [4.69, 9.17) is 4.74 Å². The minimum absolute atomic E-state index is 0.315. The molecule has 3 aliphatic rings. The number of rotatable bonds is 4. The molecule has 0 bridgehead atoms. The number of imide groups is 1. The third-order valence-corrected chi connectivity index (χ3v) is 6.95. The zero-order valence-corrected chi connectivity index (χ0v) is 19.3. The molecule has 4 atom stereocenters. The normalized spacial score (nSPS) is 24.2. The van der Waals surface area contributed by atoms with E-state index in [9.17, 15) is 19.2 Å². The van der Waals surface area contributed by atoms with Crippen molar-refractivity contribution in [2.24, 2.45) is 16.9 Å². The maximum absolute atomic E-state index is 13.8. The van der Waals surface area contributed by atoms with Gasteiger partial charge in [0.15, 0.2) is 5.78 Å². The summed E-state index contributed by atoms with van der Waals surface area (Å²) in [6.45, 7) is 1.30. The van der Waals surface area contributed by atoms with Crippen LogP contribution in [0.5, 0.6) is 5.75 Å². The van der Waals surface area contributed by atoms with Crippen molar-refractivity contribution in [3.8, 4) is 5.75 Å². The van der Waals surface area contributed by atoms with Gasteiger partial charge in [-0.15, -0.1) is 0 Å². The monoisotopic (exact) mass is 479 g/mol. The van der Waals surface area contributed by atoms with Crippen molar-refractivity contribution >= 4 is 46.2 Å². The summed E-state index contributed by atoms with van der Waals surface area (Å²) < 4.78 is 5.06. The Morgan fingerprint density at radius 3 is 2.36 bits per heavy atom. The van der Waals surface area contributed by atoms with Crippen LogP contribution in [0.1, 0.15) is 17.3 Å². The molecular weight excluding hydrogens is 458 g/mol. The van der Waals surface area contributed by atoms with Crippen molar-refractivity contribution in [3.63, 3.8) is 0 Å². The SMILES string of the molecule is CC(=O)Oc1ccc(C(=O)[C@@H]2[C@@H]3C(=O)N(c4ccc5ccccc5c4)C(=O)[C@H]3[C@@H]3C=CC=NN23)cc1. The Morgan fingerprint density at radius 1 is 0.889 bits per heavy atom. The predicted octanol–water partition coefficient (Wildman–Crippen LogP) is 3.36. The zero-order valence-electron chi connectivity index (χ0n) is 19.3. The highest BCUT2D eigenvalue weighted by molar-refractivity contribution is 6.25. The number of nitrogens with zero attached hydrogens (tertiary/aromatic N) is 3. The number of Topliss-reactive ketones (excluding diaryl/α,β-unsaturated/α-hetero) is 1. The summed E-state index contributed by atoms with van der Waals surface area (Å²) in [4.78, 5) is 53.6. The van der Waals surface area contributed by atoms with Crippen LogP contribution in [0.25, 0.3) is 10.8 Å². The molecule has 178 valence electrons. The van der Waals surface area contributed by atoms with Crippen LogP contribution in [-0.2, 0) is 14.4 Å². The molecule has 0 unspecified atom stereocenters. The molecule has 3 aliphatic heterocycles. The predicted molar refractivity (Wildman–Crippen MR) is 133 cm³/mol. The summed E-state index contributed by atoms with van der Waals surface area (Å²) >= 11 is 0. The van der Waals surface area contributed by atoms with E-state index in [1.807, 2.05) is 42.5 Å². The van der Waals surface area contributed by atoms with Gasteiger partial charge in [0.05, 0.1) is 23.6 Å². The molecule has 0 saturated carbocycles. The lowest BCUT2D eigenvalue weighted by molar-refractivity contribution is -0.132. The molecule has 0 radical (unpaired) electrons. The Balaban J connectivity index is 1.38. The number of hydrogen-bond donors (Lipinski definition) is 0. The lowest BCUT2D eigenvalue weighted by Crippen LogP contribution is -2.46. The number of amides is 2. The van der Waals surface area contributed by atoms with E-state index in [0.29, 0.717) is 17.0 Å². The van der Waals surface area contributed by atoms with Gasteiger partial charge in [-0.2, -0.15) is 5.10 Å². The number of ketones is 1. The molecule has 8 heteroatoms. The van der Waals surface area contributed by atoms with E-state index in [2.05, 4.69) is 5.10 Å². The molecule has 2 saturated heterocycles. The molecule has 0 spiro atoms. The molecular formula is C28H21N3O5. The summed E-state index contributed by atoms with van der Waals surface area (Å²) in [7, 11) is 0. The summed E-state index contributed by atoms with van der Waals surface area (Å²) in [5.41, 5.74) is 0.828. The van der Waals surface area contributed by atoms with Gasteiger partial charge in [-0.1, -0.05) is 36.4 Å². The van der Waals surface area contributed by atoms with Crippen molar-refractivity contribution in [1.29, 1.82) is 0 Å². The fourth-order valence-electron chi connectivity index (χ4n) is 5.43. The first-order valence-electron chi connectivity index (χ1n) is 11.6. The van der Waals surface area contributed by atoms with Gasteiger partial charge in [-0.05, 0) is 53.2 Å². The van der Waals surface area contributed by atoms with E-state index in [1.165, 1.54) is 24.0 Å². The number of carbonyl (C=O) groups excluding carboxylic acids is 4. The molecule has 3 aromatic rings. The minimum Gasteiger partial charge on any atom is -0.427 e. The molecule has 0 aliphatic carbocycles. The number of allylic oxidation sites excluding steroid dienone is 1. The first kappa shape index (κ1) is 21.9. The maximum atomic E-state index is 13.8. The number of hydrazone groups is 1. The first-order valence-corrected chi connectivity index (χ1v) is 11.6. The molecule has 6 rings (SSSR count). The van der Waals surface area contributed by atoms with E-state index in [-0.39, 0.29) is 11.7 Å². The van der Waals surface area contributed by atoms with Crippen LogP contribution in [0.3, 0.4) is 0 Å². The van der Waals surface area contributed by atoms with Gasteiger partial charge >= 0.3 is 5.97 Å². The average molecular weight is 479 g/mol. The van der Waals surface area contributed by atoms with Gasteiger partial charge in [-0.3, -0.25) is 24.2 Å². The van der Waals surface area contributed by atoms with Crippen LogP contribution in [0.2, 0.25) is 0 Å². The van der Waals surface area contributed by atoms with E-state index in [0.717, 1.165) is 10.8 Å². The summed E-state index contributed by atoms with van der Waals surface area (Å²) in [5, 5.41) is 7.86. The molecule has 2 fully saturated rings. The highest BCUT2D eigenvalue weighted by Gasteiger charge is 2.64. The molecule has 36 heavy (non-hydrogen) atoms. The number of benzene rings is 3.